The Morgan fingerprint density at radius 3 is 2.65 bits per heavy atom. The van der Waals surface area contributed by atoms with E-state index in [-0.39, 0.29) is 43.0 Å². The van der Waals surface area contributed by atoms with Crippen LogP contribution in [-0.4, -0.2) is 41.1 Å². The highest BCUT2D eigenvalue weighted by molar-refractivity contribution is 5.98. The van der Waals surface area contributed by atoms with Gasteiger partial charge in [-0.3, -0.25) is 9.59 Å². The number of anilines is 2. The number of benzene rings is 1. The topological polar surface area (TPSA) is 94.6 Å². The Balaban J connectivity index is 1.78. The molecule has 2 aliphatic rings. The third-order valence-corrected chi connectivity index (χ3v) is 6.31. The number of nitrogens with zero attached hydrogens (tertiary/aromatic N) is 2. The lowest BCUT2D eigenvalue weighted by Gasteiger charge is -2.46. The zero-order valence-corrected chi connectivity index (χ0v) is 18.3. The summed E-state index contributed by atoms with van der Waals surface area (Å²) >= 11 is 0. The maximum atomic E-state index is 12.7. The molecule has 31 heavy (non-hydrogen) atoms. The highest BCUT2D eigenvalue weighted by atomic mass is 16.3. The SMILES string of the molecule is CC(=O)N1c2ccc(C(=O)NCCO)cc2C(Nc2cc(C)ccn2)C(C)C1C1CC1. The number of rotatable bonds is 6. The molecule has 2 aromatic rings. The van der Waals surface area contributed by atoms with E-state index >= 15 is 0 Å². The number of fused-ring (bicyclic) bond motifs is 1. The number of carbonyl (C=O) groups excluding carboxylic acids is 2. The molecule has 1 aromatic carbocycles. The maximum absolute atomic E-state index is 12.7. The van der Waals surface area contributed by atoms with Crippen LogP contribution in [0.3, 0.4) is 0 Å². The Labute approximate surface area is 182 Å². The number of aryl methyl sites for hydroxylation is 1. The smallest absolute Gasteiger partial charge is 0.251 e. The van der Waals surface area contributed by atoms with Crippen LogP contribution >= 0.6 is 0 Å². The largest absolute Gasteiger partial charge is 0.395 e. The lowest BCUT2D eigenvalue weighted by molar-refractivity contribution is -0.117. The maximum Gasteiger partial charge on any atom is 0.251 e. The molecule has 1 fully saturated rings. The normalized spacial score (nSPS) is 22.6. The zero-order chi connectivity index (χ0) is 22.1. The Hall–Kier alpha value is -2.93. The summed E-state index contributed by atoms with van der Waals surface area (Å²) in [5.41, 5.74) is 3.39. The van der Waals surface area contributed by atoms with Gasteiger partial charge in [-0.1, -0.05) is 6.92 Å². The molecule has 3 N–H and O–H groups in total. The number of aromatic nitrogens is 1. The van der Waals surface area contributed by atoms with Gasteiger partial charge in [-0.25, -0.2) is 4.98 Å². The van der Waals surface area contributed by atoms with E-state index < -0.39 is 0 Å². The van der Waals surface area contributed by atoms with Gasteiger partial charge in [0.1, 0.15) is 5.82 Å². The first kappa shape index (κ1) is 21.3. The van der Waals surface area contributed by atoms with Crippen molar-refractivity contribution >= 4 is 23.3 Å². The van der Waals surface area contributed by atoms with E-state index in [1.54, 1.807) is 19.2 Å². The molecule has 1 saturated carbocycles. The van der Waals surface area contributed by atoms with Crippen LogP contribution in [0, 0.1) is 18.8 Å². The van der Waals surface area contributed by atoms with Gasteiger partial charge in [-0.05, 0) is 67.1 Å². The third kappa shape index (κ3) is 4.28. The molecule has 164 valence electrons. The quantitative estimate of drug-likeness (QED) is 0.665. The zero-order valence-electron chi connectivity index (χ0n) is 18.3. The monoisotopic (exact) mass is 422 g/mol. The molecule has 7 heteroatoms. The van der Waals surface area contributed by atoms with Gasteiger partial charge >= 0.3 is 0 Å². The van der Waals surface area contributed by atoms with Crippen LogP contribution in [-0.2, 0) is 4.79 Å². The standard InChI is InChI=1S/C24H30N4O3/c1-14-8-9-25-21(12-14)27-22-15(2)23(17-4-5-17)28(16(3)30)20-7-6-18(13-19(20)22)24(31)26-10-11-29/h6-9,12-13,15,17,22-23,29H,4-5,10-11H2,1-3H3,(H,25,27)(H,26,31). The number of pyridine rings is 1. The average Bonchev–Trinajstić information content (AvgIpc) is 3.58. The minimum absolute atomic E-state index is 0.0228. The Morgan fingerprint density at radius 2 is 2.00 bits per heavy atom. The second kappa shape index (κ2) is 8.67. The van der Waals surface area contributed by atoms with Crippen LogP contribution in [0.25, 0.3) is 0 Å². The van der Waals surface area contributed by atoms with Gasteiger partial charge in [0.2, 0.25) is 5.91 Å². The van der Waals surface area contributed by atoms with Gasteiger partial charge in [0.05, 0.1) is 12.6 Å². The van der Waals surface area contributed by atoms with Crippen molar-refractivity contribution in [2.75, 3.05) is 23.4 Å². The molecule has 0 bridgehead atoms. The predicted octanol–water partition coefficient (Wildman–Crippen LogP) is 3.05. The minimum atomic E-state index is -0.240. The van der Waals surface area contributed by atoms with Crippen LogP contribution in [0.15, 0.2) is 36.5 Å². The summed E-state index contributed by atoms with van der Waals surface area (Å²) in [6, 6.07) is 9.49. The second-order valence-corrected chi connectivity index (χ2v) is 8.67. The van der Waals surface area contributed by atoms with Crippen molar-refractivity contribution in [2.45, 2.75) is 45.7 Å². The van der Waals surface area contributed by atoms with E-state index in [2.05, 4.69) is 22.5 Å². The Morgan fingerprint density at radius 1 is 1.23 bits per heavy atom. The summed E-state index contributed by atoms with van der Waals surface area (Å²) in [5, 5.41) is 15.3. The van der Waals surface area contributed by atoms with Gasteiger partial charge in [0.25, 0.3) is 5.91 Å². The molecule has 0 saturated heterocycles. The van der Waals surface area contributed by atoms with E-state index in [0.29, 0.717) is 11.5 Å². The molecule has 2 heterocycles. The fraction of sp³-hybridized carbons (Fsp3) is 0.458. The second-order valence-electron chi connectivity index (χ2n) is 8.67. The van der Waals surface area contributed by atoms with Gasteiger partial charge in [0.15, 0.2) is 0 Å². The van der Waals surface area contributed by atoms with Gasteiger partial charge < -0.3 is 20.6 Å². The molecule has 0 radical (unpaired) electrons. The molecular weight excluding hydrogens is 392 g/mol. The van der Waals surface area contributed by atoms with E-state index in [1.807, 2.05) is 36.1 Å². The minimum Gasteiger partial charge on any atom is -0.395 e. The first-order chi connectivity index (χ1) is 14.9. The first-order valence-corrected chi connectivity index (χ1v) is 10.9. The highest BCUT2D eigenvalue weighted by Gasteiger charge is 2.47. The third-order valence-electron chi connectivity index (χ3n) is 6.31. The van der Waals surface area contributed by atoms with E-state index in [4.69, 9.17) is 5.11 Å². The number of hydrogen-bond donors (Lipinski definition) is 3. The fourth-order valence-corrected chi connectivity index (χ4v) is 4.75. The summed E-state index contributed by atoms with van der Waals surface area (Å²) in [4.78, 5) is 31.7. The first-order valence-electron chi connectivity index (χ1n) is 10.9. The van der Waals surface area contributed by atoms with Crippen LogP contribution in [0.5, 0.6) is 0 Å². The van der Waals surface area contributed by atoms with E-state index in [9.17, 15) is 9.59 Å². The lowest BCUT2D eigenvalue weighted by atomic mass is 9.79. The molecule has 3 unspecified atom stereocenters. The van der Waals surface area contributed by atoms with Crippen molar-refractivity contribution in [2.24, 2.45) is 11.8 Å². The van der Waals surface area contributed by atoms with Crippen molar-refractivity contribution < 1.29 is 14.7 Å². The lowest BCUT2D eigenvalue weighted by Crippen LogP contribution is -2.51. The summed E-state index contributed by atoms with van der Waals surface area (Å²) < 4.78 is 0. The summed E-state index contributed by atoms with van der Waals surface area (Å²) in [6.45, 7) is 5.90. The number of aliphatic hydroxyl groups is 1. The van der Waals surface area contributed by atoms with Gasteiger partial charge in [-0.2, -0.15) is 0 Å². The Kier molecular flexibility index (Phi) is 5.96. The summed E-state index contributed by atoms with van der Waals surface area (Å²) in [7, 11) is 0. The van der Waals surface area contributed by atoms with E-state index in [0.717, 1.165) is 35.5 Å². The van der Waals surface area contributed by atoms with E-state index in [1.165, 1.54) is 0 Å². The molecule has 1 aliphatic carbocycles. The summed E-state index contributed by atoms with van der Waals surface area (Å²) in [5.74, 6) is 1.20. The van der Waals surface area contributed by atoms with Crippen molar-refractivity contribution in [3.05, 3.63) is 53.2 Å². The fourth-order valence-electron chi connectivity index (χ4n) is 4.75. The molecule has 4 rings (SSSR count). The number of carbonyl (C=O) groups is 2. The van der Waals surface area contributed by atoms with Crippen molar-refractivity contribution in [1.82, 2.24) is 10.3 Å². The molecule has 2 amide bonds. The van der Waals surface area contributed by atoms with Crippen molar-refractivity contribution in [1.29, 1.82) is 0 Å². The van der Waals surface area contributed by atoms with Gasteiger partial charge in [0, 0.05) is 42.9 Å². The number of amides is 2. The predicted molar refractivity (Wildman–Crippen MR) is 120 cm³/mol. The number of aliphatic hydroxyl groups excluding tert-OH is 1. The molecule has 1 aromatic heterocycles. The van der Waals surface area contributed by atoms with Crippen LogP contribution < -0.4 is 15.5 Å². The summed E-state index contributed by atoms with van der Waals surface area (Å²) in [6.07, 6.45) is 4.04. The van der Waals surface area contributed by atoms with Crippen LogP contribution in [0.4, 0.5) is 11.5 Å². The van der Waals surface area contributed by atoms with Gasteiger partial charge in [-0.15, -0.1) is 0 Å². The number of hydrogen-bond acceptors (Lipinski definition) is 5. The molecule has 3 atom stereocenters. The highest BCUT2D eigenvalue weighted by Crippen LogP contribution is 2.50. The van der Waals surface area contributed by atoms with Crippen LogP contribution in [0.1, 0.15) is 54.2 Å². The van der Waals surface area contributed by atoms with Crippen molar-refractivity contribution in [3.8, 4) is 0 Å². The molecular formula is C24H30N4O3. The van der Waals surface area contributed by atoms with Crippen molar-refractivity contribution in [3.63, 3.8) is 0 Å². The molecule has 0 spiro atoms. The van der Waals surface area contributed by atoms with Crippen LogP contribution in [0.2, 0.25) is 0 Å². The average molecular weight is 423 g/mol. The molecule has 7 nitrogen and oxygen atoms in total. The molecule has 1 aliphatic heterocycles. The number of nitrogens with one attached hydrogen (secondary N) is 2. The Bertz CT molecular complexity index is 989.